The number of carboxylic acid groups (broad SMARTS) is 1. The minimum absolute atomic E-state index is 0.180. The van der Waals surface area contributed by atoms with Crippen LogP contribution in [0, 0.1) is 0 Å². The molecule has 0 amide bonds. The van der Waals surface area contributed by atoms with Crippen molar-refractivity contribution in [2.75, 3.05) is 14.2 Å². The van der Waals surface area contributed by atoms with Gasteiger partial charge in [-0.05, 0) is 29.2 Å². The average Bonchev–Trinajstić information content (AvgIpc) is 3.21. The zero-order chi connectivity index (χ0) is 23.1. The minimum Gasteiger partial charge on any atom is -0.478 e. The van der Waals surface area contributed by atoms with Gasteiger partial charge in [-0.1, -0.05) is 44.5 Å². The minimum atomic E-state index is -0.996. The third-order valence-electron chi connectivity index (χ3n) is 5.44. The van der Waals surface area contributed by atoms with E-state index in [9.17, 15) is 9.90 Å². The maximum absolute atomic E-state index is 11.5. The van der Waals surface area contributed by atoms with Crippen LogP contribution in [0.15, 0.2) is 42.7 Å². The Morgan fingerprint density at radius 2 is 1.81 bits per heavy atom. The summed E-state index contributed by atoms with van der Waals surface area (Å²) in [6.45, 7) is 4.91. The van der Waals surface area contributed by atoms with Crippen LogP contribution in [0.1, 0.15) is 60.7 Å². The molecule has 0 aliphatic carbocycles. The lowest BCUT2D eigenvalue weighted by Crippen LogP contribution is -2.32. The Morgan fingerprint density at radius 1 is 1.09 bits per heavy atom. The van der Waals surface area contributed by atoms with Crippen molar-refractivity contribution in [3.8, 4) is 11.1 Å². The van der Waals surface area contributed by atoms with Gasteiger partial charge in [0.25, 0.3) is 0 Å². The van der Waals surface area contributed by atoms with Crippen LogP contribution in [0.5, 0.6) is 0 Å². The monoisotopic (exact) mass is 438 g/mol. The number of benzene rings is 1. The zero-order valence-electron chi connectivity index (χ0n) is 19.0. The van der Waals surface area contributed by atoms with Gasteiger partial charge in [0.05, 0.1) is 5.56 Å². The zero-order valence-corrected chi connectivity index (χ0v) is 19.0. The Balaban J connectivity index is 1.90. The maximum Gasteiger partial charge on any atom is 0.337 e. The van der Waals surface area contributed by atoms with Crippen LogP contribution in [0.2, 0.25) is 0 Å². The standard InChI is InChI=1S/C24H30N4O4/c1-5-12-24(31-3,32-4)23-26-21(28(27-23)14-6-2)15-17-7-9-18(10-8-17)19-11-13-25-16-20(19)22(29)30/h7-11,13,16H,5-6,12,14-15H2,1-4H3,(H,29,30). The summed E-state index contributed by atoms with van der Waals surface area (Å²) in [6.07, 6.45) is 6.00. The van der Waals surface area contributed by atoms with Crippen molar-refractivity contribution >= 4 is 5.97 Å². The van der Waals surface area contributed by atoms with Crippen LogP contribution < -0.4 is 0 Å². The molecule has 1 N–H and O–H groups in total. The number of hydrogen-bond donors (Lipinski definition) is 1. The van der Waals surface area contributed by atoms with Gasteiger partial charge in [-0.15, -0.1) is 0 Å². The van der Waals surface area contributed by atoms with E-state index >= 15 is 0 Å². The van der Waals surface area contributed by atoms with Crippen LogP contribution in [0.25, 0.3) is 11.1 Å². The number of aryl methyl sites for hydroxylation is 1. The van der Waals surface area contributed by atoms with Gasteiger partial charge in [0.1, 0.15) is 5.82 Å². The van der Waals surface area contributed by atoms with E-state index < -0.39 is 11.8 Å². The van der Waals surface area contributed by atoms with Gasteiger partial charge in [0, 0.05) is 46.0 Å². The molecule has 8 heteroatoms. The smallest absolute Gasteiger partial charge is 0.337 e. The molecule has 0 unspecified atom stereocenters. The number of aromatic carboxylic acids is 1. The van der Waals surface area contributed by atoms with E-state index in [2.05, 4.69) is 18.8 Å². The lowest BCUT2D eigenvalue weighted by Gasteiger charge is -2.27. The number of methoxy groups -OCH3 is 2. The summed E-state index contributed by atoms with van der Waals surface area (Å²) in [4.78, 5) is 20.2. The van der Waals surface area contributed by atoms with Gasteiger partial charge in [0.2, 0.25) is 11.6 Å². The first-order chi connectivity index (χ1) is 15.5. The summed E-state index contributed by atoms with van der Waals surface area (Å²) in [5.41, 5.74) is 2.69. The molecule has 32 heavy (non-hydrogen) atoms. The molecule has 0 aliphatic rings. The molecule has 0 saturated carbocycles. The molecule has 0 fully saturated rings. The highest BCUT2D eigenvalue weighted by Gasteiger charge is 2.36. The van der Waals surface area contributed by atoms with Crippen molar-refractivity contribution in [2.45, 2.75) is 51.9 Å². The van der Waals surface area contributed by atoms with E-state index in [0.29, 0.717) is 24.2 Å². The third-order valence-corrected chi connectivity index (χ3v) is 5.44. The van der Waals surface area contributed by atoms with Crippen molar-refractivity contribution in [3.05, 3.63) is 65.5 Å². The van der Waals surface area contributed by atoms with Crippen molar-refractivity contribution < 1.29 is 19.4 Å². The molecule has 0 aliphatic heterocycles. The Labute approximate surface area is 188 Å². The number of rotatable bonds is 11. The molecule has 0 spiro atoms. The highest BCUT2D eigenvalue weighted by atomic mass is 16.7. The molecular weight excluding hydrogens is 408 g/mol. The van der Waals surface area contributed by atoms with Crippen molar-refractivity contribution in [1.29, 1.82) is 0 Å². The predicted octanol–water partition coefficient (Wildman–Crippen LogP) is 4.28. The number of aromatic nitrogens is 4. The van der Waals surface area contributed by atoms with Crippen LogP contribution in [-0.4, -0.2) is 45.0 Å². The van der Waals surface area contributed by atoms with Crippen molar-refractivity contribution in [2.24, 2.45) is 0 Å². The quantitative estimate of drug-likeness (QED) is 0.446. The first-order valence-electron chi connectivity index (χ1n) is 10.8. The molecule has 170 valence electrons. The largest absolute Gasteiger partial charge is 0.478 e. The van der Waals surface area contributed by atoms with E-state index in [-0.39, 0.29) is 5.56 Å². The molecule has 0 saturated heterocycles. The lowest BCUT2D eigenvalue weighted by molar-refractivity contribution is -0.225. The van der Waals surface area contributed by atoms with Crippen LogP contribution in [-0.2, 0) is 28.2 Å². The molecular formula is C24H30N4O4. The second-order valence-electron chi connectivity index (χ2n) is 7.59. The topological polar surface area (TPSA) is 99.4 Å². The fraction of sp³-hybridized carbons (Fsp3) is 0.417. The predicted molar refractivity (Wildman–Crippen MR) is 120 cm³/mol. The molecule has 3 rings (SSSR count). The molecule has 0 radical (unpaired) electrons. The van der Waals surface area contributed by atoms with Gasteiger partial charge in [-0.3, -0.25) is 4.98 Å². The molecule has 0 bridgehead atoms. The van der Waals surface area contributed by atoms with Crippen LogP contribution in [0.3, 0.4) is 0 Å². The second-order valence-corrected chi connectivity index (χ2v) is 7.59. The van der Waals surface area contributed by atoms with Gasteiger partial charge < -0.3 is 14.6 Å². The normalized spacial score (nSPS) is 11.6. The SMILES string of the molecule is CCCn1nc(C(CCC)(OC)OC)nc1Cc1ccc(-c2ccncc2C(=O)O)cc1. The summed E-state index contributed by atoms with van der Waals surface area (Å²) in [5, 5.41) is 14.1. The number of nitrogens with zero attached hydrogens (tertiary/aromatic N) is 4. The number of ether oxygens (including phenoxy) is 2. The molecule has 1 aromatic carbocycles. The van der Waals surface area contributed by atoms with E-state index in [1.54, 1.807) is 26.5 Å². The van der Waals surface area contributed by atoms with Crippen LogP contribution in [0.4, 0.5) is 0 Å². The van der Waals surface area contributed by atoms with E-state index in [1.165, 1.54) is 6.20 Å². The van der Waals surface area contributed by atoms with Crippen molar-refractivity contribution in [1.82, 2.24) is 19.7 Å². The van der Waals surface area contributed by atoms with Gasteiger partial charge in [-0.25, -0.2) is 14.5 Å². The Morgan fingerprint density at radius 3 is 2.41 bits per heavy atom. The Kier molecular flexibility index (Phi) is 7.71. The molecule has 8 nitrogen and oxygen atoms in total. The second kappa shape index (κ2) is 10.5. The fourth-order valence-electron chi connectivity index (χ4n) is 3.77. The Bertz CT molecular complexity index is 1040. The first kappa shape index (κ1) is 23.6. The highest BCUT2D eigenvalue weighted by Crippen LogP contribution is 2.30. The van der Waals surface area contributed by atoms with E-state index in [0.717, 1.165) is 36.3 Å². The lowest BCUT2D eigenvalue weighted by atomic mass is 10.00. The number of carboxylic acids is 1. The van der Waals surface area contributed by atoms with Gasteiger partial charge >= 0.3 is 5.97 Å². The third kappa shape index (κ3) is 4.87. The highest BCUT2D eigenvalue weighted by molar-refractivity contribution is 5.95. The van der Waals surface area contributed by atoms with E-state index in [1.807, 2.05) is 28.9 Å². The summed E-state index contributed by atoms with van der Waals surface area (Å²) in [5.74, 6) is -0.586. The Hall–Kier alpha value is -3.10. The van der Waals surface area contributed by atoms with Crippen molar-refractivity contribution in [3.63, 3.8) is 0 Å². The summed E-state index contributed by atoms with van der Waals surface area (Å²) >= 11 is 0. The molecule has 2 aromatic heterocycles. The summed E-state index contributed by atoms with van der Waals surface area (Å²) in [7, 11) is 3.23. The average molecular weight is 439 g/mol. The number of carbonyl (C=O) groups is 1. The van der Waals surface area contributed by atoms with Gasteiger partial charge in [0.15, 0.2) is 0 Å². The molecule has 2 heterocycles. The molecule has 0 atom stereocenters. The summed E-state index contributed by atoms with van der Waals surface area (Å²) in [6, 6.07) is 9.52. The fourth-order valence-corrected chi connectivity index (χ4v) is 3.77. The molecule has 3 aromatic rings. The first-order valence-corrected chi connectivity index (χ1v) is 10.8. The number of hydrogen-bond acceptors (Lipinski definition) is 6. The number of pyridine rings is 1. The maximum atomic E-state index is 11.5. The van der Waals surface area contributed by atoms with Crippen LogP contribution >= 0.6 is 0 Å². The summed E-state index contributed by atoms with van der Waals surface area (Å²) < 4.78 is 13.3. The van der Waals surface area contributed by atoms with E-state index in [4.69, 9.17) is 19.6 Å². The van der Waals surface area contributed by atoms with Gasteiger partial charge in [-0.2, -0.15) is 5.10 Å².